The highest BCUT2D eigenvalue weighted by Crippen LogP contribution is 2.68. The number of hydrogen-bond acceptors (Lipinski definition) is 0. The topological polar surface area (TPSA) is 0 Å². The van der Waals surface area contributed by atoms with E-state index in [0.717, 1.165) is 11.8 Å². The summed E-state index contributed by atoms with van der Waals surface area (Å²) in [7, 11) is 0. The van der Waals surface area contributed by atoms with E-state index >= 15 is 0 Å². The lowest BCUT2D eigenvalue weighted by atomic mass is 9.70. The van der Waals surface area contributed by atoms with Crippen molar-refractivity contribution in [2.45, 2.75) is 24.7 Å². The van der Waals surface area contributed by atoms with Crippen LogP contribution in [0.3, 0.4) is 0 Å². The Morgan fingerprint density at radius 2 is 1.56 bits per heavy atom. The van der Waals surface area contributed by atoms with E-state index in [2.05, 4.69) is 48.5 Å². The molecule has 2 radical (unpaired) electrons. The number of benzene rings is 2. The molecule has 1 spiro atoms. The first kappa shape index (κ1) is 9.38. The third-order valence-corrected chi connectivity index (χ3v) is 5.52. The van der Waals surface area contributed by atoms with Crippen molar-refractivity contribution in [2.75, 3.05) is 0 Å². The molecular weight excluding hydrogens is 216 g/mol. The molecule has 0 nitrogen and oxygen atoms in total. The Balaban J connectivity index is 1.91. The standard InChI is InChI=1S/C18H14/c1-3-7-16-14(5-1)15-6-2-4-8-17(15)18(16)11-12-9-13(18)10-12/h1-2,5-8,12-13H,9-11H2. The maximum Gasteiger partial charge on any atom is 0.0246 e. The smallest absolute Gasteiger partial charge is 0.0246 e. The van der Waals surface area contributed by atoms with Gasteiger partial charge >= 0.3 is 0 Å². The van der Waals surface area contributed by atoms with Gasteiger partial charge in [0.25, 0.3) is 0 Å². The van der Waals surface area contributed by atoms with Gasteiger partial charge in [-0.05, 0) is 77.6 Å². The Bertz CT molecular complexity index is 601. The van der Waals surface area contributed by atoms with Crippen molar-refractivity contribution in [1.82, 2.24) is 0 Å². The largest absolute Gasteiger partial charge is 0.0537 e. The van der Waals surface area contributed by atoms with Crippen LogP contribution in [0.2, 0.25) is 0 Å². The minimum Gasteiger partial charge on any atom is -0.0537 e. The van der Waals surface area contributed by atoms with Gasteiger partial charge in [0.15, 0.2) is 0 Å². The Labute approximate surface area is 108 Å². The molecule has 86 valence electrons. The van der Waals surface area contributed by atoms with Crippen molar-refractivity contribution in [2.24, 2.45) is 11.8 Å². The van der Waals surface area contributed by atoms with Crippen LogP contribution in [-0.2, 0) is 5.41 Å². The van der Waals surface area contributed by atoms with E-state index < -0.39 is 0 Å². The van der Waals surface area contributed by atoms with Gasteiger partial charge in [-0.25, -0.2) is 0 Å². The normalized spacial score (nSPS) is 28.9. The Kier molecular flexibility index (Phi) is 1.50. The fraction of sp³-hybridized carbons (Fsp3) is 0.333. The van der Waals surface area contributed by atoms with Crippen LogP contribution in [0, 0.1) is 24.0 Å². The molecule has 0 aromatic heterocycles. The molecule has 0 aliphatic heterocycles. The van der Waals surface area contributed by atoms with Gasteiger partial charge in [0.1, 0.15) is 0 Å². The maximum atomic E-state index is 3.31. The Morgan fingerprint density at radius 3 is 2.06 bits per heavy atom. The predicted molar refractivity (Wildman–Crippen MR) is 71.2 cm³/mol. The summed E-state index contributed by atoms with van der Waals surface area (Å²) in [5.41, 5.74) is 6.31. The van der Waals surface area contributed by atoms with E-state index in [1.54, 1.807) is 11.1 Å². The molecule has 0 heterocycles. The van der Waals surface area contributed by atoms with Crippen LogP contribution in [0.25, 0.3) is 11.1 Å². The third-order valence-electron chi connectivity index (χ3n) is 5.52. The van der Waals surface area contributed by atoms with Gasteiger partial charge < -0.3 is 0 Å². The van der Waals surface area contributed by atoms with Crippen LogP contribution >= 0.6 is 0 Å². The molecule has 3 fully saturated rings. The van der Waals surface area contributed by atoms with Crippen LogP contribution in [0.4, 0.5) is 0 Å². The summed E-state index contributed by atoms with van der Waals surface area (Å²) < 4.78 is 0. The van der Waals surface area contributed by atoms with E-state index in [4.69, 9.17) is 0 Å². The molecule has 0 saturated heterocycles. The fourth-order valence-corrected chi connectivity index (χ4v) is 4.80. The van der Waals surface area contributed by atoms with Crippen LogP contribution in [0.15, 0.2) is 36.4 Å². The summed E-state index contributed by atoms with van der Waals surface area (Å²) in [6.07, 6.45) is 4.22. The summed E-state index contributed by atoms with van der Waals surface area (Å²) in [5.74, 6) is 1.84. The van der Waals surface area contributed by atoms with Crippen molar-refractivity contribution < 1.29 is 0 Å². The summed E-state index contributed by atoms with van der Waals surface area (Å²) >= 11 is 0. The number of fused-ring (bicyclic) bond motifs is 3. The summed E-state index contributed by atoms with van der Waals surface area (Å²) in [4.78, 5) is 0. The first-order valence-electron chi connectivity index (χ1n) is 6.91. The molecule has 0 unspecified atom stereocenters. The van der Waals surface area contributed by atoms with Crippen molar-refractivity contribution in [3.05, 3.63) is 59.7 Å². The first-order chi connectivity index (χ1) is 8.89. The lowest BCUT2D eigenvalue weighted by molar-refractivity contribution is 0.272. The highest BCUT2D eigenvalue weighted by Gasteiger charge is 2.59. The summed E-state index contributed by atoms with van der Waals surface area (Å²) in [6.45, 7) is 0. The molecule has 6 rings (SSSR count). The molecule has 0 amide bonds. The molecule has 0 atom stereocenters. The molecule has 2 aromatic carbocycles. The SMILES string of the molecule is [c]1ccc2c(c1)C1(CC3CC1C3)c1c[c]ccc1-2. The van der Waals surface area contributed by atoms with Crippen LogP contribution < -0.4 is 0 Å². The Hall–Kier alpha value is -1.56. The monoisotopic (exact) mass is 230 g/mol. The van der Waals surface area contributed by atoms with Crippen molar-refractivity contribution in [3.63, 3.8) is 0 Å². The molecular formula is C18H14. The fourth-order valence-electron chi connectivity index (χ4n) is 4.80. The van der Waals surface area contributed by atoms with Crippen molar-refractivity contribution in [1.29, 1.82) is 0 Å². The van der Waals surface area contributed by atoms with E-state index in [1.807, 2.05) is 0 Å². The summed E-state index contributed by atoms with van der Waals surface area (Å²) in [5, 5.41) is 0. The van der Waals surface area contributed by atoms with Gasteiger partial charge in [-0.2, -0.15) is 0 Å². The van der Waals surface area contributed by atoms with Crippen LogP contribution in [-0.4, -0.2) is 0 Å². The van der Waals surface area contributed by atoms with Gasteiger partial charge in [0.05, 0.1) is 0 Å². The Morgan fingerprint density at radius 1 is 0.944 bits per heavy atom. The van der Waals surface area contributed by atoms with E-state index in [9.17, 15) is 0 Å². The molecule has 0 heteroatoms. The molecule has 18 heavy (non-hydrogen) atoms. The van der Waals surface area contributed by atoms with Gasteiger partial charge in [0.2, 0.25) is 0 Å². The molecule has 3 saturated carbocycles. The molecule has 2 aromatic rings. The zero-order valence-electron chi connectivity index (χ0n) is 10.2. The van der Waals surface area contributed by atoms with E-state index in [-0.39, 0.29) is 0 Å². The average Bonchev–Trinajstić information content (AvgIpc) is 3.02. The van der Waals surface area contributed by atoms with Gasteiger partial charge in [-0.1, -0.05) is 24.3 Å². The predicted octanol–water partition coefficient (Wildman–Crippen LogP) is 3.98. The van der Waals surface area contributed by atoms with Gasteiger partial charge in [0, 0.05) is 5.41 Å². The molecule has 0 N–H and O–H groups in total. The first-order valence-corrected chi connectivity index (χ1v) is 6.91. The minimum absolute atomic E-state index is 0.324. The highest BCUT2D eigenvalue weighted by molar-refractivity contribution is 5.81. The highest BCUT2D eigenvalue weighted by atomic mass is 14.6. The zero-order valence-corrected chi connectivity index (χ0v) is 10.2. The second-order valence-electron chi connectivity index (χ2n) is 6.15. The van der Waals surface area contributed by atoms with Crippen molar-refractivity contribution in [3.8, 4) is 11.1 Å². The lowest BCUT2D eigenvalue weighted by Crippen LogP contribution is -2.28. The van der Waals surface area contributed by atoms with Gasteiger partial charge in [-0.15, -0.1) is 0 Å². The van der Waals surface area contributed by atoms with Crippen molar-refractivity contribution >= 4 is 0 Å². The average molecular weight is 230 g/mol. The quantitative estimate of drug-likeness (QED) is 0.642. The molecule has 4 aliphatic carbocycles. The molecule has 4 aliphatic rings. The molecule has 2 bridgehead atoms. The zero-order chi connectivity index (χ0) is 11.7. The second kappa shape index (κ2) is 2.88. The maximum absolute atomic E-state index is 3.31. The van der Waals surface area contributed by atoms with Crippen LogP contribution in [0.5, 0.6) is 0 Å². The van der Waals surface area contributed by atoms with Crippen LogP contribution in [0.1, 0.15) is 30.4 Å². The summed E-state index contributed by atoms with van der Waals surface area (Å²) in [6, 6.07) is 19.7. The van der Waals surface area contributed by atoms with E-state index in [1.165, 1.54) is 30.4 Å². The number of hydrogen-bond donors (Lipinski definition) is 0. The third kappa shape index (κ3) is 0.849. The van der Waals surface area contributed by atoms with E-state index in [0.29, 0.717) is 5.41 Å². The minimum atomic E-state index is 0.324. The van der Waals surface area contributed by atoms with Gasteiger partial charge in [-0.3, -0.25) is 0 Å². The second-order valence-corrected chi connectivity index (χ2v) is 6.15. The number of rotatable bonds is 0. The lowest BCUT2D eigenvalue weighted by Gasteiger charge is -2.33.